The molecule has 0 aromatic rings. The van der Waals surface area contributed by atoms with E-state index in [0.29, 0.717) is 13.1 Å². The van der Waals surface area contributed by atoms with Crippen LogP contribution in [0, 0.1) is 5.92 Å². The van der Waals surface area contributed by atoms with Gasteiger partial charge in [0.2, 0.25) is 5.91 Å². The SMILES string of the molecule is CC(C)C(=O)N1CC(N2C(=O)COC2=O)C1. The molecule has 0 N–H and O–H groups in total. The summed E-state index contributed by atoms with van der Waals surface area (Å²) in [6.45, 7) is 4.33. The molecule has 0 aromatic carbocycles. The van der Waals surface area contributed by atoms with E-state index in [4.69, 9.17) is 0 Å². The van der Waals surface area contributed by atoms with Gasteiger partial charge in [-0.2, -0.15) is 0 Å². The molecule has 3 amide bonds. The van der Waals surface area contributed by atoms with Gasteiger partial charge in [-0.15, -0.1) is 0 Å². The van der Waals surface area contributed by atoms with Gasteiger partial charge < -0.3 is 9.64 Å². The molecule has 2 rings (SSSR count). The summed E-state index contributed by atoms with van der Waals surface area (Å²) >= 11 is 0. The van der Waals surface area contributed by atoms with E-state index in [1.807, 2.05) is 13.8 Å². The van der Waals surface area contributed by atoms with Crippen molar-refractivity contribution in [3.05, 3.63) is 0 Å². The molecule has 16 heavy (non-hydrogen) atoms. The fourth-order valence-electron chi connectivity index (χ4n) is 1.88. The monoisotopic (exact) mass is 226 g/mol. The molecule has 0 unspecified atom stereocenters. The van der Waals surface area contributed by atoms with Gasteiger partial charge in [-0.3, -0.25) is 9.59 Å². The van der Waals surface area contributed by atoms with Gasteiger partial charge in [0.05, 0.1) is 6.04 Å². The van der Waals surface area contributed by atoms with Crippen LogP contribution in [0.2, 0.25) is 0 Å². The van der Waals surface area contributed by atoms with Crippen molar-refractivity contribution in [2.45, 2.75) is 19.9 Å². The molecule has 0 radical (unpaired) electrons. The van der Waals surface area contributed by atoms with E-state index in [1.54, 1.807) is 4.90 Å². The van der Waals surface area contributed by atoms with E-state index in [9.17, 15) is 14.4 Å². The van der Waals surface area contributed by atoms with E-state index in [0.717, 1.165) is 4.90 Å². The van der Waals surface area contributed by atoms with Crippen LogP contribution >= 0.6 is 0 Å². The third-order valence-electron chi connectivity index (χ3n) is 2.82. The van der Waals surface area contributed by atoms with Crippen molar-refractivity contribution in [1.82, 2.24) is 9.80 Å². The summed E-state index contributed by atoms with van der Waals surface area (Å²) in [6.07, 6.45) is -0.591. The van der Waals surface area contributed by atoms with Gasteiger partial charge in [-0.25, -0.2) is 9.69 Å². The fourth-order valence-corrected chi connectivity index (χ4v) is 1.88. The molecular formula is C10H14N2O4. The predicted molar refractivity (Wildman–Crippen MR) is 53.4 cm³/mol. The standard InChI is InChI=1S/C10H14N2O4/c1-6(2)9(14)11-3-7(4-11)12-8(13)5-16-10(12)15/h6-7H,3-5H2,1-2H3. The van der Waals surface area contributed by atoms with Crippen LogP contribution in [0.15, 0.2) is 0 Å². The van der Waals surface area contributed by atoms with Crippen molar-refractivity contribution in [3.63, 3.8) is 0 Å². The number of likely N-dealkylation sites (tertiary alicyclic amines) is 1. The predicted octanol–water partition coefficient (Wildman–Crippen LogP) is -0.168. The number of hydrogen-bond acceptors (Lipinski definition) is 4. The molecule has 2 aliphatic rings. The van der Waals surface area contributed by atoms with Gasteiger partial charge in [0.25, 0.3) is 5.91 Å². The summed E-state index contributed by atoms with van der Waals surface area (Å²) in [5.41, 5.74) is 0. The molecule has 0 spiro atoms. The van der Waals surface area contributed by atoms with Gasteiger partial charge in [-0.05, 0) is 0 Å². The highest BCUT2D eigenvalue weighted by Crippen LogP contribution is 2.21. The minimum atomic E-state index is -0.591. The van der Waals surface area contributed by atoms with Gasteiger partial charge in [-0.1, -0.05) is 13.8 Å². The van der Waals surface area contributed by atoms with Gasteiger partial charge in [0.1, 0.15) is 0 Å². The second-order valence-electron chi connectivity index (χ2n) is 4.37. The zero-order valence-electron chi connectivity index (χ0n) is 9.30. The number of cyclic esters (lactones) is 1. The normalized spacial score (nSPS) is 21.4. The van der Waals surface area contributed by atoms with E-state index >= 15 is 0 Å². The number of imide groups is 1. The van der Waals surface area contributed by atoms with Crippen LogP contribution in [0.5, 0.6) is 0 Å². The molecular weight excluding hydrogens is 212 g/mol. The number of carbonyl (C=O) groups excluding carboxylic acids is 3. The zero-order valence-corrected chi connectivity index (χ0v) is 9.30. The summed E-state index contributed by atoms with van der Waals surface area (Å²) in [4.78, 5) is 36.8. The molecule has 2 fully saturated rings. The Bertz CT molecular complexity index is 331. The average molecular weight is 226 g/mol. The molecule has 0 bridgehead atoms. The first kappa shape index (κ1) is 10.9. The van der Waals surface area contributed by atoms with Crippen LogP contribution in [0.4, 0.5) is 4.79 Å². The highest BCUT2D eigenvalue weighted by atomic mass is 16.6. The second kappa shape index (κ2) is 3.77. The quantitative estimate of drug-likeness (QED) is 0.655. The Morgan fingerprint density at radius 3 is 2.44 bits per heavy atom. The number of amides is 3. The Kier molecular flexibility index (Phi) is 2.57. The number of nitrogens with zero attached hydrogens (tertiary/aromatic N) is 2. The van der Waals surface area contributed by atoms with Crippen molar-refractivity contribution in [2.24, 2.45) is 5.92 Å². The Balaban J connectivity index is 1.91. The highest BCUT2D eigenvalue weighted by Gasteiger charge is 2.44. The highest BCUT2D eigenvalue weighted by molar-refractivity contribution is 5.98. The molecule has 2 saturated heterocycles. The average Bonchev–Trinajstić information content (AvgIpc) is 2.46. The first-order chi connectivity index (χ1) is 7.50. The Hall–Kier alpha value is -1.59. The van der Waals surface area contributed by atoms with Gasteiger partial charge in [0.15, 0.2) is 6.61 Å². The lowest BCUT2D eigenvalue weighted by Crippen LogP contribution is -2.62. The van der Waals surface area contributed by atoms with E-state index in [1.165, 1.54) is 0 Å². The molecule has 0 atom stereocenters. The van der Waals surface area contributed by atoms with Crippen LogP contribution in [-0.2, 0) is 14.3 Å². The minimum absolute atomic E-state index is 0.0521. The maximum atomic E-state index is 11.6. The third-order valence-corrected chi connectivity index (χ3v) is 2.82. The molecule has 2 aliphatic heterocycles. The maximum absolute atomic E-state index is 11.6. The van der Waals surface area contributed by atoms with E-state index < -0.39 is 6.09 Å². The summed E-state index contributed by atoms with van der Waals surface area (Å²) < 4.78 is 4.61. The number of rotatable bonds is 2. The maximum Gasteiger partial charge on any atom is 0.417 e. The van der Waals surface area contributed by atoms with Crippen molar-refractivity contribution in [2.75, 3.05) is 19.7 Å². The summed E-state index contributed by atoms with van der Waals surface area (Å²) in [5, 5.41) is 0. The van der Waals surface area contributed by atoms with E-state index in [2.05, 4.69) is 4.74 Å². The number of carbonyl (C=O) groups is 3. The largest absolute Gasteiger partial charge is 0.439 e. The van der Waals surface area contributed by atoms with Gasteiger partial charge >= 0.3 is 6.09 Å². The smallest absolute Gasteiger partial charge is 0.417 e. The van der Waals surface area contributed by atoms with Crippen molar-refractivity contribution >= 4 is 17.9 Å². The summed E-state index contributed by atoms with van der Waals surface area (Å²) in [5.74, 6) is -0.315. The van der Waals surface area contributed by atoms with Gasteiger partial charge in [0, 0.05) is 19.0 Å². The molecule has 6 heteroatoms. The first-order valence-corrected chi connectivity index (χ1v) is 5.28. The molecule has 0 aliphatic carbocycles. The summed E-state index contributed by atoms with van der Waals surface area (Å²) in [6, 6.07) is -0.204. The van der Waals surface area contributed by atoms with Crippen LogP contribution in [-0.4, -0.2) is 53.4 Å². The van der Waals surface area contributed by atoms with E-state index in [-0.39, 0.29) is 30.4 Å². The summed E-state index contributed by atoms with van der Waals surface area (Å²) in [7, 11) is 0. The van der Waals surface area contributed by atoms with Crippen LogP contribution in [0.1, 0.15) is 13.8 Å². The lowest BCUT2D eigenvalue weighted by atomic mass is 10.0. The zero-order chi connectivity index (χ0) is 11.9. The van der Waals surface area contributed by atoms with Crippen LogP contribution < -0.4 is 0 Å². The minimum Gasteiger partial charge on any atom is -0.439 e. The molecule has 0 saturated carbocycles. The Morgan fingerprint density at radius 1 is 1.38 bits per heavy atom. The molecule has 88 valence electrons. The van der Waals surface area contributed by atoms with Crippen LogP contribution in [0.25, 0.3) is 0 Å². The lowest BCUT2D eigenvalue weighted by molar-refractivity contribution is -0.144. The Morgan fingerprint density at radius 2 is 2.00 bits per heavy atom. The number of ether oxygens (including phenoxy) is 1. The molecule has 2 heterocycles. The van der Waals surface area contributed by atoms with Crippen molar-refractivity contribution in [3.8, 4) is 0 Å². The third kappa shape index (κ3) is 1.64. The van der Waals surface area contributed by atoms with Crippen molar-refractivity contribution in [1.29, 1.82) is 0 Å². The van der Waals surface area contributed by atoms with Crippen LogP contribution in [0.3, 0.4) is 0 Å². The Labute approximate surface area is 93.1 Å². The molecule has 6 nitrogen and oxygen atoms in total. The lowest BCUT2D eigenvalue weighted by Gasteiger charge is -2.42. The topological polar surface area (TPSA) is 66.9 Å². The second-order valence-corrected chi connectivity index (χ2v) is 4.37. The molecule has 0 aromatic heterocycles. The fraction of sp³-hybridized carbons (Fsp3) is 0.700. The number of hydrogen-bond donors (Lipinski definition) is 0. The first-order valence-electron chi connectivity index (χ1n) is 5.28. The van der Waals surface area contributed by atoms with Crippen molar-refractivity contribution < 1.29 is 19.1 Å².